The fourth-order valence-electron chi connectivity index (χ4n) is 2.86. The summed E-state index contributed by atoms with van der Waals surface area (Å²) in [4.78, 5) is 12.1. The van der Waals surface area contributed by atoms with E-state index < -0.39 is 0 Å². The average Bonchev–Trinajstić information content (AvgIpc) is 3.16. The fourth-order valence-corrected chi connectivity index (χ4v) is 3.36. The van der Waals surface area contributed by atoms with Gasteiger partial charge in [-0.1, -0.05) is 57.5 Å². The van der Waals surface area contributed by atoms with Crippen LogP contribution in [0.2, 0.25) is 0 Å². The molecule has 0 aliphatic heterocycles. The van der Waals surface area contributed by atoms with E-state index in [9.17, 15) is 4.39 Å². The summed E-state index contributed by atoms with van der Waals surface area (Å²) >= 11 is 3.48. The molecule has 0 saturated heterocycles. The van der Waals surface area contributed by atoms with Crippen molar-refractivity contribution in [2.24, 2.45) is 0 Å². The molecule has 0 amide bonds. The van der Waals surface area contributed by atoms with Gasteiger partial charge in [-0.25, -0.2) is 14.4 Å². The van der Waals surface area contributed by atoms with E-state index in [4.69, 9.17) is 0 Å². The highest BCUT2D eigenvalue weighted by Gasteiger charge is 2.16. The number of imidazole rings is 1. The molecule has 1 N–H and O–H groups in total. The Morgan fingerprint density at radius 2 is 1.68 bits per heavy atom. The van der Waals surface area contributed by atoms with Crippen molar-refractivity contribution in [3.63, 3.8) is 0 Å². The Balaban J connectivity index is 0.00000111. The van der Waals surface area contributed by atoms with Crippen LogP contribution in [-0.2, 0) is 0 Å². The second kappa shape index (κ2) is 11.2. The summed E-state index contributed by atoms with van der Waals surface area (Å²) in [5.74, 6) is 6.30. The highest BCUT2D eigenvalue weighted by Crippen LogP contribution is 2.31. The lowest BCUT2D eigenvalue weighted by Gasteiger charge is -2.03. The first-order chi connectivity index (χ1) is 14.6. The van der Waals surface area contributed by atoms with Crippen LogP contribution in [0, 0.1) is 24.6 Å². The third kappa shape index (κ3) is 5.68. The van der Waals surface area contributed by atoms with Crippen LogP contribution in [0.5, 0.6) is 0 Å². The van der Waals surface area contributed by atoms with Crippen molar-refractivity contribution in [2.75, 3.05) is 0 Å². The second-order valence-electron chi connectivity index (χ2n) is 6.23. The van der Waals surface area contributed by atoms with Crippen molar-refractivity contribution in [1.82, 2.24) is 15.0 Å². The van der Waals surface area contributed by atoms with Crippen molar-refractivity contribution in [1.29, 1.82) is 0 Å². The van der Waals surface area contributed by atoms with Gasteiger partial charge in [0.2, 0.25) is 0 Å². The van der Waals surface area contributed by atoms with E-state index in [0.29, 0.717) is 27.4 Å². The number of aromatic amines is 1. The minimum atomic E-state index is -0.308. The Kier molecular flexibility index (Phi) is 8.72. The number of H-pyrrole nitrogens is 1. The number of nitrogens with one attached hydrogen (secondary N) is 1. The molecule has 5 heteroatoms. The molecule has 0 bridgehead atoms. The van der Waals surface area contributed by atoms with Gasteiger partial charge in [0.1, 0.15) is 27.6 Å². The maximum absolute atomic E-state index is 14.3. The molecule has 0 radical (unpaired) electrons. The molecule has 0 atom stereocenters. The van der Waals surface area contributed by atoms with E-state index in [-0.39, 0.29) is 13.2 Å². The van der Waals surface area contributed by atoms with Gasteiger partial charge in [0, 0.05) is 17.3 Å². The van der Waals surface area contributed by atoms with Gasteiger partial charge >= 0.3 is 0 Å². The van der Waals surface area contributed by atoms with Gasteiger partial charge in [-0.05, 0) is 64.7 Å². The van der Waals surface area contributed by atoms with Crippen LogP contribution in [0.25, 0.3) is 22.6 Å². The maximum Gasteiger partial charge on any atom is 0.142 e. The summed E-state index contributed by atoms with van der Waals surface area (Å²) in [6.07, 6.45) is 1.72. The van der Waals surface area contributed by atoms with Crippen molar-refractivity contribution < 1.29 is 4.39 Å². The number of hydrogen-bond acceptors (Lipinski definition) is 2. The number of aryl methyl sites for hydroxylation is 1. The molecule has 0 spiro atoms. The van der Waals surface area contributed by atoms with Crippen LogP contribution < -0.4 is 0 Å². The monoisotopic (exact) mass is 477 g/mol. The van der Waals surface area contributed by atoms with E-state index in [2.05, 4.69) is 42.7 Å². The van der Waals surface area contributed by atoms with Crippen LogP contribution in [0.4, 0.5) is 4.39 Å². The first-order valence-electron chi connectivity index (χ1n) is 9.66. The number of halogens is 2. The molecule has 4 rings (SSSR count). The minimum absolute atomic E-state index is 0. The summed E-state index contributed by atoms with van der Waals surface area (Å²) in [5, 5.41) is 0. The Bertz CT molecular complexity index is 1170. The lowest BCUT2D eigenvalue weighted by atomic mass is 10.1. The van der Waals surface area contributed by atoms with Crippen LogP contribution in [0.15, 0.2) is 71.5 Å². The number of nitrogens with zero attached hydrogens (tertiary/aromatic N) is 2. The molecule has 3 nitrogen and oxygen atoms in total. The highest BCUT2D eigenvalue weighted by molar-refractivity contribution is 9.10. The molecule has 2 aromatic carbocycles. The first-order valence-corrected chi connectivity index (χ1v) is 10.5. The Hall–Kier alpha value is -3.23. The maximum atomic E-state index is 14.3. The quantitative estimate of drug-likeness (QED) is 0.305. The normalized spacial score (nSPS) is 9.58. The molecular formula is C26H25BrFN3. The Morgan fingerprint density at radius 1 is 0.935 bits per heavy atom. The zero-order chi connectivity index (χ0) is 21.5. The van der Waals surface area contributed by atoms with Gasteiger partial charge in [0.05, 0.1) is 5.56 Å². The topological polar surface area (TPSA) is 41.6 Å². The second-order valence-corrected chi connectivity index (χ2v) is 7.02. The molecule has 0 aliphatic rings. The van der Waals surface area contributed by atoms with Crippen LogP contribution in [0.1, 0.15) is 38.1 Å². The summed E-state index contributed by atoms with van der Waals surface area (Å²) in [7, 11) is 0. The van der Waals surface area contributed by atoms with Crippen molar-refractivity contribution in [3.05, 3.63) is 94.1 Å². The zero-order valence-corrected chi connectivity index (χ0v) is 18.6. The van der Waals surface area contributed by atoms with E-state index in [0.717, 1.165) is 16.7 Å². The lowest BCUT2D eigenvalue weighted by molar-refractivity contribution is 0.629. The number of aromatic nitrogens is 3. The largest absolute Gasteiger partial charge is 0.332 e. The SMILES string of the molecule is C.CC.Cc1cccc(F)c1-c1nc(-c2ccc(C#Cc3ccccc3)nc2)c(Br)[nH]1. The Labute approximate surface area is 191 Å². The molecule has 0 saturated carbocycles. The van der Waals surface area contributed by atoms with Gasteiger partial charge in [-0.3, -0.25) is 0 Å². The predicted molar refractivity (Wildman–Crippen MR) is 130 cm³/mol. The summed E-state index contributed by atoms with van der Waals surface area (Å²) in [6, 6.07) is 18.5. The minimum Gasteiger partial charge on any atom is -0.332 e. The number of benzene rings is 2. The van der Waals surface area contributed by atoms with Gasteiger partial charge in [-0.2, -0.15) is 0 Å². The van der Waals surface area contributed by atoms with Gasteiger partial charge in [0.15, 0.2) is 0 Å². The van der Waals surface area contributed by atoms with Crippen molar-refractivity contribution in [2.45, 2.75) is 28.2 Å². The lowest BCUT2D eigenvalue weighted by Crippen LogP contribution is -1.90. The standard InChI is InChI=1S/C23H15BrFN3.C2H6.CH4/c1-15-6-5-9-19(25)20(15)23-27-21(22(24)28-23)17-11-13-18(26-14-17)12-10-16-7-3-2-4-8-16;1-2;/h2-9,11,13-14H,1H3,(H,27,28);1-2H3;1H4. The molecule has 4 aromatic rings. The van der Waals surface area contributed by atoms with Crippen molar-refractivity contribution in [3.8, 4) is 34.5 Å². The highest BCUT2D eigenvalue weighted by atomic mass is 79.9. The molecule has 31 heavy (non-hydrogen) atoms. The van der Waals surface area contributed by atoms with Crippen molar-refractivity contribution >= 4 is 15.9 Å². The van der Waals surface area contributed by atoms with Crippen LogP contribution in [-0.4, -0.2) is 15.0 Å². The summed E-state index contributed by atoms with van der Waals surface area (Å²) in [5.41, 5.74) is 4.38. The molecule has 158 valence electrons. The van der Waals surface area contributed by atoms with E-state index in [1.807, 2.05) is 69.3 Å². The smallest absolute Gasteiger partial charge is 0.142 e. The van der Waals surface area contributed by atoms with Gasteiger partial charge in [0.25, 0.3) is 0 Å². The fraction of sp³-hybridized carbons (Fsp3) is 0.154. The van der Waals surface area contributed by atoms with Gasteiger partial charge < -0.3 is 4.98 Å². The molecule has 2 heterocycles. The number of rotatable bonds is 2. The third-order valence-corrected chi connectivity index (χ3v) is 4.84. The predicted octanol–water partition coefficient (Wildman–Crippen LogP) is 7.41. The summed E-state index contributed by atoms with van der Waals surface area (Å²) in [6.45, 7) is 5.86. The van der Waals surface area contributed by atoms with Gasteiger partial charge in [-0.15, -0.1) is 0 Å². The number of pyridine rings is 1. The molecule has 2 aromatic heterocycles. The molecular weight excluding hydrogens is 453 g/mol. The van der Waals surface area contributed by atoms with E-state index >= 15 is 0 Å². The third-order valence-electron chi connectivity index (χ3n) is 4.26. The van der Waals surface area contributed by atoms with Crippen LogP contribution in [0.3, 0.4) is 0 Å². The molecule has 0 fully saturated rings. The first kappa shape index (κ1) is 24.0. The molecule has 0 aliphatic carbocycles. The average molecular weight is 478 g/mol. The van der Waals surface area contributed by atoms with E-state index in [1.165, 1.54) is 6.07 Å². The summed E-state index contributed by atoms with van der Waals surface area (Å²) < 4.78 is 14.9. The van der Waals surface area contributed by atoms with E-state index in [1.54, 1.807) is 12.3 Å². The van der Waals surface area contributed by atoms with Crippen LogP contribution >= 0.6 is 15.9 Å². The molecule has 0 unspecified atom stereocenters. The Morgan fingerprint density at radius 3 is 2.32 bits per heavy atom. The zero-order valence-electron chi connectivity index (χ0n) is 17.0. The number of hydrogen-bond donors (Lipinski definition) is 1.